The van der Waals surface area contributed by atoms with Crippen LogP contribution in [0.25, 0.3) is 11.4 Å². The van der Waals surface area contributed by atoms with Crippen molar-refractivity contribution < 1.29 is 4.79 Å². The number of amides is 1. The van der Waals surface area contributed by atoms with Crippen LogP contribution < -0.4 is 0 Å². The van der Waals surface area contributed by atoms with Crippen LogP contribution >= 0.6 is 0 Å². The summed E-state index contributed by atoms with van der Waals surface area (Å²) in [5.41, 5.74) is 1.96. The van der Waals surface area contributed by atoms with Crippen LogP contribution in [0.2, 0.25) is 0 Å². The molecule has 1 saturated heterocycles. The lowest BCUT2D eigenvalue weighted by Gasteiger charge is -2.35. The minimum absolute atomic E-state index is 0.172. The monoisotopic (exact) mass is 342 g/mol. The fourth-order valence-corrected chi connectivity index (χ4v) is 3.48. The number of piperidine rings is 1. The van der Waals surface area contributed by atoms with E-state index in [-0.39, 0.29) is 5.91 Å². The van der Waals surface area contributed by atoms with Crippen LogP contribution in [0.3, 0.4) is 0 Å². The number of carbonyl (C=O) groups excluding carboxylic acids is 1. The van der Waals surface area contributed by atoms with E-state index in [4.69, 9.17) is 0 Å². The van der Waals surface area contributed by atoms with Gasteiger partial charge < -0.3 is 4.90 Å². The van der Waals surface area contributed by atoms with Crippen LogP contribution in [-0.4, -0.2) is 62.5 Å². The summed E-state index contributed by atoms with van der Waals surface area (Å²) in [6, 6.07) is 8.47. The number of likely N-dealkylation sites (N-methyl/N-ethyl adjacent to an activating group) is 1. The Morgan fingerprint density at radius 2 is 2.28 bits per heavy atom. The number of hydrogen-bond acceptors (Lipinski definition) is 5. The predicted octanol–water partition coefficient (Wildman–Crippen LogP) is 2.09. The zero-order chi connectivity index (χ0) is 17.6. The van der Waals surface area contributed by atoms with E-state index in [0.717, 1.165) is 24.1 Å². The molecule has 0 spiro atoms. The van der Waals surface area contributed by atoms with Gasteiger partial charge in [-0.25, -0.2) is 0 Å². The summed E-state index contributed by atoms with van der Waals surface area (Å²) in [6.07, 6.45) is 4.80. The molecule has 1 unspecified atom stereocenters. The molecule has 1 atom stereocenters. The van der Waals surface area contributed by atoms with E-state index in [1.54, 1.807) is 4.90 Å². The Labute approximate surface area is 148 Å². The normalized spacial score (nSPS) is 18.2. The molecule has 1 aromatic carbocycles. The Hall–Kier alpha value is -2.28. The third kappa shape index (κ3) is 4.42. The molecule has 2 heterocycles. The number of rotatable bonds is 6. The van der Waals surface area contributed by atoms with Crippen LogP contribution in [0.5, 0.6) is 0 Å². The number of hydrogen-bond donors (Lipinski definition) is 1. The Bertz CT molecular complexity index is 687. The van der Waals surface area contributed by atoms with Crippen molar-refractivity contribution in [2.24, 2.45) is 0 Å². The average Bonchev–Trinajstić information content (AvgIpc) is 3.17. The summed E-state index contributed by atoms with van der Waals surface area (Å²) in [5, 5.41) is 14.1. The number of carbonyl (C=O) groups is 1. The first-order valence-electron chi connectivity index (χ1n) is 8.98. The highest BCUT2D eigenvalue weighted by Gasteiger charge is 2.24. The van der Waals surface area contributed by atoms with Crippen LogP contribution in [0, 0.1) is 0 Å². The van der Waals surface area contributed by atoms with Crippen molar-refractivity contribution in [1.29, 1.82) is 0 Å². The standard InChI is InChI=1S/C18H26N6O/c1-3-16-9-4-5-10-24(16)13-17(25)23(2)12-14-7-6-8-15(11-14)18-19-21-22-20-18/h6-8,11,16H,3-5,9-10,12-13H2,1-2H3,(H,19,20,21,22). The van der Waals surface area contributed by atoms with Crippen LogP contribution in [0.4, 0.5) is 0 Å². The zero-order valence-corrected chi connectivity index (χ0v) is 15.0. The first kappa shape index (κ1) is 17.5. The molecule has 1 aliphatic rings. The quantitative estimate of drug-likeness (QED) is 0.870. The van der Waals surface area contributed by atoms with Gasteiger partial charge in [-0.2, -0.15) is 5.21 Å². The van der Waals surface area contributed by atoms with Gasteiger partial charge >= 0.3 is 0 Å². The van der Waals surface area contributed by atoms with E-state index >= 15 is 0 Å². The fourth-order valence-electron chi connectivity index (χ4n) is 3.48. The van der Waals surface area contributed by atoms with Crippen molar-refractivity contribution in [3.63, 3.8) is 0 Å². The van der Waals surface area contributed by atoms with Crippen LogP contribution in [0.15, 0.2) is 24.3 Å². The zero-order valence-electron chi connectivity index (χ0n) is 15.0. The molecular formula is C18H26N6O. The summed E-state index contributed by atoms with van der Waals surface area (Å²) in [7, 11) is 1.87. The van der Waals surface area contributed by atoms with Crippen molar-refractivity contribution in [2.75, 3.05) is 20.1 Å². The fraction of sp³-hybridized carbons (Fsp3) is 0.556. The molecule has 3 rings (SSSR count). The summed E-state index contributed by atoms with van der Waals surface area (Å²) >= 11 is 0. The predicted molar refractivity (Wildman–Crippen MR) is 95.6 cm³/mol. The van der Waals surface area contributed by atoms with E-state index in [0.29, 0.717) is 25.0 Å². The smallest absolute Gasteiger partial charge is 0.236 e. The number of benzene rings is 1. The molecule has 7 heteroatoms. The van der Waals surface area contributed by atoms with E-state index in [1.165, 1.54) is 19.3 Å². The molecule has 1 fully saturated rings. The number of aromatic amines is 1. The maximum atomic E-state index is 12.6. The largest absolute Gasteiger partial charge is 0.340 e. The van der Waals surface area contributed by atoms with E-state index < -0.39 is 0 Å². The Morgan fingerprint density at radius 3 is 3.04 bits per heavy atom. The van der Waals surface area contributed by atoms with Crippen molar-refractivity contribution in [2.45, 2.75) is 45.2 Å². The molecule has 1 amide bonds. The molecule has 0 radical (unpaired) electrons. The lowest BCUT2D eigenvalue weighted by Crippen LogP contribution is -2.45. The molecule has 1 N–H and O–H groups in total. The number of nitrogens with zero attached hydrogens (tertiary/aromatic N) is 5. The SMILES string of the molecule is CCC1CCCCN1CC(=O)N(C)Cc1cccc(-c2nn[nH]n2)c1. The van der Waals surface area contributed by atoms with E-state index in [1.807, 2.05) is 31.3 Å². The number of tetrazole rings is 1. The second kappa shape index (κ2) is 8.20. The molecule has 0 saturated carbocycles. The summed E-state index contributed by atoms with van der Waals surface area (Å²) in [4.78, 5) is 16.8. The van der Waals surface area contributed by atoms with Gasteiger partial charge in [-0.1, -0.05) is 31.5 Å². The molecule has 7 nitrogen and oxygen atoms in total. The number of nitrogens with one attached hydrogen (secondary N) is 1. The highest BCUT2D eigenvalue weighted by Crippen LogP contribution is 2.20. The molecule has 1 aromatic heterocycles. The molecule has 2 aromatic rings. The molecule has 1 aliphatic heterocycles. The van der Waals surface area contributed by atoms with E-state index in [9.17, 15) is 4.79 Å². The average molecular weight is 342 g/mol. The van der Waals surface area contributed by atoms with Gasteiger partial charge in [0, 0.05) is 25.2 Å². The third-order valence-electron chi connectivity index (χ3n) is 4.93. The highest BCUT2D eigenvalue weighted by molar-refractivity contribution is 5.78. The van der Waals surface area contributed by atoms with Gasteiger partial charge in [0.25, 0.3) is 0 Å². The maximum Gasteiger partial charge on any atom is 0.236 e. The summed E-state index contributed by atoms with van der Waals surface area (Å²) in [6.45, 7) is 4.33. The minimum atomic E-state index is 0.172. The van der Waals surface area contributed by atoms with Gasteiger partial charge in [-0.05, 0) is 42.7 Å². The van der Waals surface area contributed by atoms with Crippen molar-refractivity contribution >= 4 is 5.91 Å². The van der Waals surface area contributed by atoms with Gasteiger partial charge in [0.1, 0.15) is 0 Å². The topological polar surface area (TPSA) is 78.0 Å². The number of H-pyrrole nitrogens is 1. The molecule has 134 valence electrons. The molecule has 0 bridgehead atoms. The third-order valence-corrected chi connectivity index (χ3v) is 4.93. The van der Waals surface area contributed by atoms with E-state index in [2.05, 4.69) is 32.4 Å². The van der Waals surface area contributed by atoms with Gasteiger partial charge in [-0.15, -0.1) is 10.2 Å². The number of likely N-dealkylation sites (tertiary alicyclic amines) is 1. The second-order valence-electron chi connectivity index (χ2n) is 6.71. The summed E-state index contributed by atoms with van der Waals surface area (Å²) in [5.74, 6) is 0.736. The maximum absolute atomic E-state index is 12.6. The van der Waals surface area contributed by atoms with Crippen LogP contribution in [-0.2, 0) is 11.3 Å². The van der Waals surface area contributed by atoms with Crippen LogP contribution in [0.1, 0.15) is 38.2 Å². The first-order chi connectivity index (χ1) is 12.2. The molecule has 25 heavy (non-hydrogen) atoms. The van der Waals surface area contributed by atoms with Gasteiger partial charge in [0.05, 0.1) is 6.54 Å². The minimum Gasteiger partial charge on any atom is -0.340 e. The molecular weight excluding hydrogens is 316 g/mol. The van der Waals surface area contributed by atoms with Crippen molar-refractivity contribution in [1.82, 2.24) is 30.4 Å². The second-order valence-corrected chi connectivity index (χ2v) is 6.71. The lowest BCUT2D eigenvalue weighted by molar-refractivity contribution is -0.132. The molecule has 0 aliphatic carbocycles. The summed E-state index contributed by atoms with van der Waals surface area (Å²) < 4.78 is 0. The van der Waals surface area contributed by atoms with Gasteiger partial charge in [0.15, 0.2) is 0 Å². The Balaban J connectivity index is 1.60. The lowest BCUT2D eigenvalue weighted by atomic mass is 10.00. The Kier molecular flexibility index (Phi) is 5.75. The first-order valence-corrected chi connectivity index (χ1v) is 8.98. The van der Waals surface area contributed by atoms with Gasteiger partial charge in [0.2, 0.25) is 11.7 Å². The van der Waals surface area contributed by atoms with Crippen molar-refractivity contribution in [3.05, 3.63) is 29.8 Å². The number of aromatic nitrogens is 4. The Morgan fingerprint density at radius 1 is 1.40 bits per heavy atom. The van der Waals surface area contributed by atoms with Gasteiger partial charge in [-0.3, -0.25) is 9.69 Å². The highest BCUT2D eigenvalue weighted by atomic mass is 16.2. The van der Waals surface area contributed by atoms with Crippen molar-refractivity contribution in [3.8, 4) is 11.4 Å².